The topological polar surface area (TPSA) is 91.3 Å². The Bertz CT molecular complexity index is 659. The minimum absolute atomic E-state index is 0.142. The van der Waals surface area contributed by atoms with Crippen LogP contribution >= 0.6 is 11.8 Å². The number of hydrogen-bond acceptors (Lipinski definition) is 4. The van der Waals surface area contributed by atoms with Gasteiger partial charge >= 0.3 is 12.0 Å². The number of nitrogens with one attached hydrogen (secondary N) is 2. The molecule has 0 fully saturated rings. The van der Waals surface area contributed by atoms with E-state index in [0.717, 1.165) is 4.90 Å². The van der Waals surface area contributed by atoms with Gasteiger partial charge in [-0.2, -0.15) is 0 Å². The fourth-order valence-corrected chi connectivity index (χ4v) is 2.04. The molecule has 0 saturated heterocycles. The number of thioether (sulfide) groups is 1. The summed E-state index contributed by atoms with van der Waals surface area (Å²) in [5.74, 6) is -1.20. The Labute approximate surface area is 125 Å². The molecule has 0 saturated carbocycles. The number of urea groups is 1. The molecular weight excluding hydrogens is 290 g/mol. The van der Waals surface area contributed by atoms with E-state index in [1.165, 1.54) is 12.3 Å². The van der Waals surface area contributed by atoms with Crippen LogP contribution in [0.2, 0.25) is 0 Å². The van der Waals surface area contributed by atoms with Gasteiger partial charge in [-0.05, 0) is 42.7 Å². The SMILES string of the molecule is CSc1ccc(NC(=O)Nc2cccnc2C(=O)O)cc1. The average molecular weight is 303 g/mol. The van der Waals surface area contributed by atoms with Crippen molar-refractivity contribution < 1.29 is 14.7 Å². The highest BCUT2D eigenvalue weighted by atomic mass is 32.2. The van der Waals surface area contributed by atoms with Gasteiger partial charge in [-0.1, -0.05) is 0 Å². The quantitative estimate of drug-likeness (QED) is 0.755. The zero-order valence-corrected chi connectivity index (χ0v) is 12.0. The number of anilines is 2. The number of amides is 2. The average Bonchev–Trinajstić information content (AvgIpc) is 2.48. The Kier molecular flexibility index (Phi) is 4.78. The van der Waals surface area contributed by atoms with Gasteiger partial charge < -0.3 is 15.7 Å². The van der Waals surface area contributed by atoms with Crippen molar-refractivity contribution in [3.63, 3.8) is 0 Å². The number of rotatable bonds is 4. The molecule has 0 spiro atoms. The molecule has 1 heterocycles. The number of carboxylic acid groups (broad SMARTS) is 1. The first-order valence-electron chi connectivity index (χ1n) is 6.00. The molecule has 7 heteroatoms. The van der Waals surface area contributed by atoms with Crippen LogP contribution in [0.4, 0.5) is 16.2 Å². The molecule has 0 aliphatic carbocycles. The lowest BCUT2D eigenvalue weighted by molar-refractivity contribution is 0.0692. The number of aromatic nitrogens is 1. The minimum atomic E-state index is -1.20. The first-order valence-corrected chi connectivity index (χ1v) is 7.23. The maximum Gasteiger partial charge on any atom is 0.356 e. The number of carboxylic acids is 1. The molecule has 0 aliphatic rings. The van der Waals surface area contributed by atoms with Crippen molar-refractivity contribution in [2.24, 2.45) is 0 Å². The first kappa shape index (κ1) is 14.9. The Morgan fingerprint density at radius 2 is 1.86 bits per heavy atom. The van der Waals surface area contributed by atoms with Gasteiger partial charge in [0.15, 0.2) is 5.69 Å². The maximum atomic E-state index is 11.9. The zero-order valence-electron chi connectivity index (χ0n) is 11.2. The van der Waals surface area contributed by atoms with Crippen LogP contribution in [0.25, 0.3) is 0 Å². The molecule has 21 heavy (non-hydrogen) atoms. The summed E-state index contributed by atoms with van der Waals surface area (Å²) in [6.07, 6.45) is 3.32. The number of aromatic carboxylic acids is 1. The van der Waals surface area contributed by atoms with Crippen molar-refractivity contribution >= 4 is 35.1 Å². The molecule has 0 bridgehead atoms. The Balaban J connectivity index is 2.06. The van der Waals surface area contributed by atoms with E-state index in [1.54, 1.807) is 30.0 Å². The summed E-state index contributed by atoms with van der Waals surface area (Å²) < 4.78 is 0. The Morgan fingerprint density at radius 1 is 1.14 bits per heavy atom. The largest absolute Gasteiger partial charge is 0.476 e. The molecule has 3 N–H and O–H groups in total. The molecular formula is C14H13N3O3S. The number of carbonyl (C=O) groups is 2. The summed E-state index contributed by atoms with van der Waals surface area (Å²) in [4.78, 5) is 27.7. The fourth-order valence-electron chi connectivity index (χ4n) is 1.64. The van der Waals surface area contributed by atoms with Crippen LogP contribution in [0.3, 0.4) is 0 Å². The lowest BCUT2D eigenvalue weighted by Crippen LogP contribution is -2.21. The smallest absolute Gasteiger partial charge is 0.356 e. The molecule has 6 nitrogen and oxygen atoms in total. The standard InChI is InChI=1S/C14H13N3O3S/c1-21-10-6-4-9(5-7-10)16-14(20)17-11-3-2-8-15-12(11)13(18)19/h2-8H,1H3,(H,18,19)(H2,16,17,20). The van der Waals surface area contributed by atoms with Crippen LogP contribution in [0, 0.1) is 0 Å². The van der Waals surface area contributed by atoms with Gasteiger partial charge in [-0.25, -0.2) is 14.6 Å². The van der Waals surface area contributed by atoms with E-state index in [9.17, 15) is 9.59 Å². The lowest BCUT2D eigenvalue weighted by atomic mass is 10.3. The van der Waals surface area contributed by atoms with Crippen molar-refractivity contribution in [3.8, 4) is 0 Å². The van der Waals surface area contributed by atoms with Gasteiger partial charge in [-0.3, -0.25) is 0 Å². The Morgan fingerprint density at radius 3 is 2.48 bits per heavy atom. The number of carbonyl (C=O) groups excluding carboxylic acids is 1. The minimum Gasteiger partial charge on any atom is -0.476 e. The number of hydrogen-bond donors (Lipinski definition) is 3. The molecule has 108 valence electrons. The molecule has 1 aromatic carbocycles. The van der Waals surface area contributed by atoms with E-state index in [-0.39, 0.29) is 11.4 Å². The molecule has 2 rings (SSSR count). The maximum absolute atomic E-state index is 11.9. The summed E-state index contributed by atoms with van der Waals surface area (Å²) in [7, 11) is 0. The molecule has 2 amide bonds. The summed E-state index contributed by atoms with van der Waals surface area (Å²) in [6, 6.07) is 9.81. The van der Waals surface area contributed by atoms with Crippen LogP contribution in [0.15, 0.2) is 47.5 Å². The van der Waals surface area contributed by atoms with E-state index >= 15 is 0 Å². The second kappa shape index (κ2) is 6.76. The number of benzene rings is 1. The first-order chi connectivity index (χ1) is 10.1. The third kappa shape index (κ3) is 3.96. The number of pyridine rings is 1. The van der Waals surface area contributed by atoms with E-state index in [1.807, 2.05) is 18.4 Å². The van der Waals surface area contributed by atoms with Gasteiger partial charge in [0.05, 0.1) is 5.69 Å². The van der Waals surface area contributed by atoms with Crippen LogP contribution < -0.4 is 10.6 Å². The van der Waals surface area contributed by atoms with Gasteiger partial charge in [0.2, 0.25) is 0 Å². The molecule has 0 atom stereocenters. The summed E-state index contributed by atoms with van der Waals surface area (Å²) in [5.41, 5.74) is 0.555. The van der Waals surface area contributed by atoms with Crippen LogP contribution in [-0.4, -0.2) is 28.3 Å². The second-order valence-electron chi connectivity index (χ2n) is 4.01. The summed E-state index contributed by atoms with van der Waals surface area (Å²) in [6.45, 7) is 0. The van der Waals surface area contributed by atoms with Crippen molar-refractivity contribution in [1.82, 2.24) is 4.98 Å². The van der Waals surface area contributed by atoms with Crippen LogP contribution in [0.1, 0.15) is 10.5 Å². The molecule has 0 radical (unpaired) electrons. The molecule has 0 aliphatic heterocycles. The highest BCUT2D eigenvalue weighted by Crippen LogP contribution is 2.18. The third-order valence-electron chi connectivity index (χ3n) is 2.61. The monoisotopic (exact) mass is 303 g/mol. The molecule has 1 aromatic heterocycles. The van der Waals surface area contributed by atoms with Gasteiger partial charge in [0, 0.05) is 16.8 Å². The van der Waals surface area contributed by atoms with Gasteiger partial charge in [0.1, 0.15) is 0 Å². The predicted octanol–water partition coefficient (Wildman–Crippen LogP) is 3.15. The highest BCUT2D eigenvalue weighted by Gasteiger charge is 2.13. The fraction of sp³-hybridized carbons (Fsp3) is 0.0714. The van der Waals surface area contributed by atoms with E-state index in [2.05, 4.69) is 15.6 Å². The van der Waals surface area contributed by atoms with Crippen molar-refractivity contribution in [1.29, 1.82) is 0 Å². The van der Waals surface area contributed by atoms with Gasteiger partial charge in [-0.15, -0.1) is 11.8 Å². The van der Waals surface area contributed by atoms with E-state index in [0.29, 0.717) is 5.69 Å². The predicted molar refractivity (Wildman–Crippen MR) is 82.1 cm³/mol. The van der Waals surface area contributed by atoms with Crippen LogP contribution in [0.5, 0.6) is 0 Å². The molecule has 0 unspecified atom stereocenters. The third-order valence-corrected chi connectivity index (χ3v) is 3.35. The lowest BCUT2D eigenvalue weighted by Gasteiger charge is -2.09. The summed E-state index contributed by atoms with van der Waals surface area (Å²) >= 11 is 1.60. The van der Waals surface area contributed by atoms with E-state index < -0.39 is 12.0 Å². The zero-order chi connectivity index (χ0) is 15.2. The van der Waals surface area contributed by atoms with E-state index in [4.69, 9.17) is 5.11 Å². The van der Waals surface area contributed by atoms with Gasteiger partial charge in [0.25, 0.3) is 0 Å². The normalized spacial score (nSPS) is 9.95. The van der Waals surface area contributed by atoms with Crippen molar-refractivity contribution in [2.45, 2.75) is 4.90 Å². The summed E-state index contributed by atoms with van der Waals surface area (Å²) in [5, 5.41) is 14.1. The Hall–Kier alpha value is -2.54. The van der Waals surface area contributed by atoms with Crippen molar-refractivity contribution in [3.05, 3.63) is 48.3 Å². The van der Waals surface area contributed by atoms with Crippen molar-refractivity contribution in [2.75, 3.05) is 16.9 Å². The van der Waals surface area contributed by atoms with Crippen LogP contribution in [-0.2, 0) is 0 Å². The molecule has 2 aromatic rings. The number of nitrogens with zero attached hydrogens (tertiary/aromatic N) is 1. The highest BCUT2D eigenvalue weighted by molar-refractivity contribution is 7.98. The second-order valence-corrected chi connectivity index (χ2v) is 4.89.